The molecule has 122 valence electrons. The zero-order chi connectivity index (χ0) is 15.5. The van der Waals surface area contributed by atoms with Crippen LogP contribution in [0.25, 0.3) is 22.5 Å². The predicted octanol–water partition coefficient (Wildman–Crippen LogP) is 2.39. The van der Waals surface area contributed by atoms with Crippen molar-refractivity contribution < 1.29 is 4.52 Å². The molecular weight excluding hydrogens is 316 g/mol. The van der Waals surface area contributed by atoms with Crippen molar-refractivity contribution in [2.75, 3.05) is 0 Å². The van der Waals surface area contributed by atoms with Crippen molar-refractivity contribution in [2.45, 2.75) is 38.6 Å². The lowest BCUT2D eigenvalue weighted by Gasteiger charge is -2.34. The second-order valence-corrected chi connectivity index (χ2v) is 6.13. The molecule has 23 heavy (non-hydrogen) atoms. The maximum absolute atomic E-state index is 6.26. The Morgan fingerprint density at radius 2 is 1.96 bits per heavy atom. The Labute approximate surface area is 139 Å². The first-order valence-corrected chi connectivity index (χ1v) is 7.42. The molecule has 0 amide bonds. The Balaban J connectivity index is 0.00000156. The first kappa shape index (κ1) is 15.9. The smallest absolute Gasteiger partial charge is 0.259 e. The third-order valence-electron chi connectivity index (χ3n) is 4.54. The Hall–Kier alpha value is -1.99. The van der Waals surface area contributed by atoms with E-state index in [2.05, 4.69) is 20.2 Å². The molecule has 3 aromatic rings. The van der Waals surface area contributed by atoms with E-state index in [0.717, 1.165) is 47.2 Å². The third kappa shape index (κ3) is 2.31. The molecule has 0 radical (unpaired) electrons. The minimum absolute atomic E-state index is 0. The summed E-state index contributed by atoms with van der Waals surface area (Å²) in [5.41, 5.74) is 9.30. The van der Waals surface area contributed by atoms with Gasteiger partial charge < -0.3 is 10.3 Å². The summed E-state index contributed by atoms with van der Waals surface area (Å²) in [7, 11) is 1.89. The Kier molecular flexibility index (Phi) is 3.65. The molecule has 3 aromatic heterocycles. The van der Waals surface area contributed by atoms with Gasteiger partial charge in [-0.25, -0.2) is 4.98 Å². The van der Waals surface area contributed by atoms with Crippen LogP contribution >= 0.6 is 12.4 Å². The van der Waals surface area contributed by atoms with Crippen LogP contribution in [-0.4, -0.2) is 24.9 Å². The molecule has 0 atom stereocenters. The molecule has 7 nitrogen and oxygen atoms in total. The Morgan fingerprint density at radius 1 is 1.22 bits per heavy atom. The number of aromatic nitrogens is 5. The largest absolute Gasteiger partial charge is 0.334 e. The Bertz CT molecular complexity index is 880. The number of halogens is 1. The van der Waals surface area contributed by atoms with Gasteiger partial charge in [-0.05, 0) is 39.2 Å². The zero-order valence-corrected chi connectivity index (χ0v) is 14.1. The molecule has 0 aliphatic heterocycles. The van der Waals surface area contributed by atoms with Crippen LogP contribution in [0.15, 0.2) is 10.6 Å². The average molecular weight is 335 g/mol. The summed E-state index contributed by atoms with van der Waals surface area (Å²) in [5.74, 6) is 1.07. The summed E-state index contributed by atoms with van der Waals surface area (Å²) in [5, 5.41) is 9.47. The first-order chi connectivity index (χ1) is 10.5. The monoisotopic (exact) mass is 334 g/mol. The fourth-order valence-electron chi connectivity index (χ4n) is 2.96. The number of pyridine rings is 1. The topological polar surface area (TPSA) is 95.7 Å². The van der Waals surface area contributed by atoms with Gasteiger partial charge in [0, 0.05) is 12.4 Å². The number of nitrogens with zero attached hydrogens (tertiary/aromatic N) is 5. The van der Waals surface area contributed by atoms with Crippen LogP contribution in [0, 0.1) is 13.8 Å². The van der Waals surface area contributed by atoms with Gasteiger partial charge in [-0.1, -0.05) is 5.16 Å². The molecule has 1 aliphatic carbocycles. The molecule has 1 aliphatic rings. The number of hydrogen-bond donors (Lipinski definition) is 1. The van der Waals surface area contributed by atoms with Crippen LogP contribution in [0.5, 0.6) is 0 Å². The number of hydrogen-bond acceptors (Lipinski definition) is 6. The fraction of sp³-hybridized carbons (Fsp3) is 0.467. The lowest BCUT2D eigenvalue weighted by molar-refractivity contribution is 0.229. The SMILES string of the molecule is Cc1nc2c(cc1-c1nc(C3(N)CCC3)no1)c(C)nn2C.Cl. The van der Waals surface area contributed by atoms with Crippen molar-refractivity contribution in [3.63, 3.8) is 0 Å². The number of nitrogens with two attached hydrogens (primary N) is 1. The van der Waals surface area contributed by atoms with Gasteiger partial charge in [0.2, 0.25) is 0 Å². The Morgan fingerprint density at radius 3 is 2.61 bits per heavy atom. The van der Waals surface area contributed by atoms with Crippen molar-refractivity contribution >= 4 is 23.4 Å². The maximum atomic E-state index is 6.26. The highest BCUT2D eigenvalue weighted by molar-refractivity contribution is 5.85. The summed E-state index contributed by atoms with van der Waals surface area (Å²) >= 11 is 0. The normalized spacial score (nSPS) is 16.2. The molecule has 0 spiro atoms. The number of fused-ring (bicyclic) bond motifs is 1. The van der Waals surface area contributed by atoms with Gasteiger partial charge >= 0.3 is 0 Å². The van der Waals surface area contributed by atoms with Gasteiger partial charge in [-0.15, -0.1) is 12.4 Å². The second-order valence-electron chi connectivity index (χ2n) is 6.13. The molecule has 4 rings (SSSR count). The summed E-state index contributed by atoms with van der Waals surface area (Å²) < 4.78 is 7.22. The summed E-state index contributed by atoms with van der Waals surface area (Å²) in [6.07, 6.45) is 2.93. The first-order valence-electron chi connectivity index (χ1n) is 7.42. The van der Waals surface area contributed by atoms with Crippen LogP contribution in [0.3, 0.4) is 0 Å². The molecule has 1 fully saturated rings. The molecule has 1 saturated carbocycles. The van der Waals surface area contributed by atoms with Crippen LogP contribution in [0.2, 0.25) is 0 Å². The molecule has 0 unspecified atom stereocenters. The van der Waals surface area contributed by atoms with Crippen molar-refractivity contribution in [1.82, 2.24) is 24.9 Å². The lowest BCUT2D eigenvalue weighted by Crippen LogP contribution is -2.44. The molecular formula is C15H19ClN6O. The average Bonchev–Trinajstić information content (AvgIpc) is 3.02. The van der Waals surface area contributed by atoms with Crippen molar-refractivity contribution in [2.24, 2.45) is 12.8 Å². The van der Waals surface area contributed by atoms with E-state index in [0.29, 0.717) is 11.7 Å². The van der Waals surface area contributed by atoms with Gasteiger partial charge in [0.1, 0.15) is 0 Å². The molecule has 0 aromatic carbocycles. The zero-order valence-electron chi connectivity index (χ0n) is 13.3. The number of aryl methyl sites for hydroxylation is 3. The second kappa shape index (κ2) is 5.28. The number of rotatable bonds is 2. The van der Waals surface area contributed by atoms with E-state index in [4.69, 9.17) is 10.3 Å². The molecule has 0 saturated heterocycles. The molecule has 2 N–H and O–H groups in total. The molecule has 0 bridgehead atoms. The van der Waals surface area contributed by atoms with Gasteiger partial charge in [-0.2, -0.15) is 10.1 Å². The van der Waals surface area contributed by atoms with E-state index in [-0.39, 0.29) is 12.4 Å². The van der Waals surface area contributed by atoms with Crippen molar-refractivity contribution in [3.05, 3.63) is 23.3 Å². The minimum Gasteiger partial charge on any atom is -0.334 e. The van der Waals surface area contributed by atoms with Crippen LogP contribution in [-0.2, 0) is 12.6 Å². The summed E-state index contributed by atoms with van der Waals surface area (Å²) in [4.78, 5) is 9.13. The third-order valence-corrected chi connectivity index (χ3v) is 4.54. The highest BCUT2D eigenvalue weighted by atomic mass is 35.5. The predicted molar refractivity (Wildman–Crippen MR) is 88.2 cm³/mol. The van der Waals surface area contributed by atoms with Crippen LogP contribution < -0.4 is 5.73 Å². The van der Waals surface area contributed by atoms with Crippen LogP contribution in [0.4, 0.5) is 0 Å². The fourth-order valence-corrected chi connectivity index (χ4v) is 2.96. The van der Waals surface area contributed by atoms with Gasteiger partial charge in [0.25, 0.3) is 5.89 Å². The van der Waals surface area contributed by atoms with E-state index in [1.807, 2.05) is 27.0 Å². The van der Waals surface area contributed by atoms with Gasteiger partial charge in [-0.3, -0.25) is 4.68 Å². The van der Waals surface area contributed by atoms with Crippen LogP contribution in [0.1, 0.15) is 36.5 Å². The summed E-state index contributed by atoms with van der Waals surface area (Å²) in [6, 6.07) is 2.02. The molecule has 8 heteroatoms. The van der Waals surface area contributed by atoms with E-state index in [1.165, 1.54) is 0 Å². The van der Waals surface area contributed by atoms with E-state index in [9.17, 15) is 0 Å². The standard InChI is InChI=1S/C15H18N6O.ClH/c1-8-11(7-10-9(2)19-21(3)12(10)17-8)13-18-14(20-22-13)15(16)5-4-6-15;/h7H,4-6,16H2,1-3H3;1H. The maximum Gasteiger partial charge on any atom is 0.259 e. The molecule has 3 heterocycles. The minimum atomic E-state index is -0.419. The quantitative estimate of drug-likeness (QED) is 0.773. The van der Waals surface area contributed by atoms with E-state index in [1.54, 1.807) is 4.68 Å². The van der Waals surface area contributed by atoms with E-state index >= 15 is 0 Å². The van der Waals surface area contributed by atoms with E-state index < -0.39 is 5.54 Å². The highest BCUT2D eigenvalue weighted by Crippen LogP contribution is 2.38. The van der Waals surface area contributed by atoms with Crippen molar-refractivity contribution in [1.29, 1.82) is 0 Å². The van der Waals surface area contributed by atoms with Crippen molar-refractivity contribution in [3.8, 4) is 11.5 Å². The summed E-state index contributed by atoms with van der Waals surface area (Å²) in [6.45, 7) is 3.90. The highest BCUT2D eigenvalue weighted by Gasteiger charge is 2.39. The lowest BCUT2D eigenvalue weighted by atomic mass is 9.77. The van der Waals surface area contributed by atoms with Gasteiger partial charge in [0.05, 0.1) is 22.5 Å². The van der Waals surface area contributed by atoms with Gasteiger partial charge in [0.15, 0.2) is 11.5 Å².